The lowest BCUT2D eigenvalue weighted by Gasteiger charge is -2.10. The Morgan fingerprint density at radius 3 is 2.07 bits per heavy atom. The molecular formula is C22H26N2O4. The lowest BCUT2D eigenvalue weighted by Crippen LogP contribution is -2.38. The molecule has 0 saturated carbocycles. The number of hydrogen-bond acceptors (Lipinski definition) is 3. The van der Waals surface area contributed by atoms with Crippen LogP contribution in [0.1, 0.15) is 54.6 Å². The van der Waals surface area contributed by atoms with Crippen molar-refractivity contribution in [2.24, 2.45) is 0 Å². The van der Waals surface area contributed by atoms with Crippen molar-refractivity contribution in [3.63, 3.8) is 0 Å². The summed E-state index contributed by atoms with van der Waals surface area (Å²) in [5.41, 5.74) is 3.30. The van der Waals surface area contributed by atoms with E-state index in [0.717, 1.165) is 5.56 Å². The number of nitrogens with one attached hydrogen (secondary N) is 2. The van der Waals surface area contributed by atoms with E-state index in [2.05, 4.69) is 36.6 Å². The highest BCUT2D eigenvalue weighted by molar-refractivity contribution is 5.97. The average molecular weight is 382 g/mol. The van der Waals surface area contributed by atoms with Gasteiger partial charge in [0.05, 0.1) is 0 Å². The summed E-state index contributed by atoms with van der Waals surface area (Å²) in [7, 11) is 0. The number of aliphatic carboxylic acids is 1. The number of hydrogen-bond donors (Lipinski definition) is 3. The summed E-state index contributed by atoms with van der Waals surface area (Å²) < 4.78 is 0. The first-order valence-electron chi connectivity index (χ1n) is 9.28. The summed E-state index contributed by atoms with van der Waals surface area (Å²) in [6, 6.07) is 13.6. The molecule has 2 amide bonds. The number of benzene rings is 2. The van der Waals surface area contributed by atoms with Gasteiger partial charge in [0, 0.05) is 17.7 Å². The largest absolute Gasteiger partial charge is 0.480 e. The Morgan fingerprint density at radius 1 is 0.929 bits per heavy atom. The summed E-state index contributed by atoms with van der Waals surface area (Å²) in [5, 5.41) is 14.0. The molecule has 0 spiro atoms. The van der Waals surface area contributed by atoms with Gasteiger partial charge in [0.25, 0.3) is 5.91 Å². The van der Waals surface area contributed by atoms with E-state index < -0.39 is 17.9 Å². The van der Waals surface area contributed by atoms with Crippen molar-refractivity contribution in [1.82, 2.24) is 5.32 Å². The van der Waals surface area contributed by atoms with Crippen LogP contribution in [0, 0.1) is 0 Å². The number of anilines is 1. The molecule has 0 aromatic heterocycles. The molecule has 0 fully saturated rings. The summed E-state index contributed by atoms with van der Waals surface area (Å²) in [6.45, 7) is 5.68. The van der Waals surface area contributed by atoms with Gasteiger partial charge in [-0.1, -0.05) is 38.1 Å². The Labute approximate surface area is 165 Å². The van der Waals surface area contributed by atoms with Gasteiger partial charge < -0.3 is 15.7 Å². The first-order valence-corrected chi connectivity index (χ1v) is 9.28. The molecule has 6 nitrogen and oxygen atoms in total. The lowest BCUT2D eigenvalue weighted by atomic mass is 10.0. The zero-order chi connectivity index (χ0) is 20.7. The highest BCUT2D eigenvalue weighted by Crippen LogP contribution is 2.16. The molecule has 0 aliphatic rings. The van der Waals surface area contributed by atoms with Gasteiger partial charge in [0.1, 0.15) is 6.04 Å². The molecule has 0 aliphatic carbocycles. The predicted molar refractivity (Wildman–Crippen MR) is 108 cm³/mol. The smallest absolute Gasteiger partial charge is 0.325 e. The Morgan fingerprint density at radius 2 is 1.54 bits per heavy atom. The minimum atomic E-state index is -1.10. The third kappa shape index (κ3) is 6.23. The first kappa shape index (κ1) is 21.2. The van der Waals surface area contributed by atoms with Crippen LogP contribution in [-0.4, -0.2) is 28.9 Å². The fourth-order valence-electron chi connectivity index (χ4n) is 2.60. The van der Waals surface area contributed by atoms with Crippen molar-refractivity contribution >= 4 is 23.5 Å². The van der Waals surface area contributed by atoms with Crippen LogP contribution in [0.15, 0.2) is 48.5 Å². The molecule has 28 heavy (non-hydrogen) atoms. The molecule has 0 heterocycles. The van der Waals surface area contributed by atoms with Crippen LogP contribution in [0.3, 0.4) is 0 Å². The third-order valence-corrected chi connectivity index (χ3v) is 4.44. The van der Waals surface area contributed by atoms with E-state index in [-0.39, 0.29) is 5.91 Å². The summed E-state index contributed by atoms with van der Waals surface area (Å²) >= 11 is 0. The van der Waals surface area contributed by atoms with E-state index in [1.807, 2.05) is 12.1 Å². The van der Waals surface area contributed by atoms with Gasteiger partial charge in [0.15, 0.2) is 0 Å². The number of aryl methyl sites for hydroxylation is 1. The van der Waals surface area contributed by atoms with Gasteiger partial charge in [-0.2, -0.15) is 0 Å². The maximum Gasteiger partial charge on any atom is 0.325 e. The number of carboxylic acid groups (broad SMARTS) is 1. The number of amides is 2. The summed E-state index contributed by atoms with van der Waals surface area (Å²) in [4.78, 5) is 34.9. The van der Waals surface area contributed by atoms with E-state index in [9.17, 15) is 14.4 Å². The Kier molecular flexibility index (Phi) is 7.32. The third-order valence-electron chi connectivity index (χ3n) is 4.44. The molecule has 1 unspecified atom stereocenters. The van der Waals surface area contributed by atoms with Crippen molar-refractivity contribution in [3.8, 4) is 0 Å². The van der Waals surface area contributed by atoms with Crippen molar-refractivity contribution in [2.45, 2.75) is 45.6 Å². The molecule has 2 aromatic rings. The zero-order valence-corrected chi connectivity index (χ0v) is 16.4. The molecule has 148 valence electrons. The van der Waals surface area contributed by atoms with E-state index in [1.165, 1.54) is 12.5 Å². The van der Waals surface area contributed by atoms with Crippen LogP contribution in [0.2, 0.25) is 0 Å². The van der Waals surface area contributed by atoms with Crippen LogP contribution in [0.5, 0.6) is 0 Å². The number of rotatable bonds is 8. The molecule has 0 aliphatic heterocycles. The van der Waals surface area contributed by atoms with Gasteiger partial charge in [-0.25, -0.2) is 0 Å². The van der Waals surface area contributed by atoms with E-state index >= 15 is 0 Å². The molecule has 0 radical (unpaired) electrons. The second-order valence-corrected chi connectivity index (χ2v) is 7.06. The second-order valence-electron chi connectivity index (χ2n) is 7.06. The first-order chi connectivity index (χ1) is 13.3. The Balaban J connectivity index is 1.85. The fraction of sp³-hybridized carbons (Fsp3) is 0.318. The minimum absolute atomic E-state index is 0.107. The second kappa shape index (κ2) is 9.69. The average Bonchev–Trinajstić information content (AvgIpc) is 2.67. The normalized spacial score (nSPS) is 11.7. The molecule has 1 atom stereocenters. The molecule has 2 aromatic carbocycles. The van der Waals surface area contributed by atoms with Crippen molar-refractivity contribution < 1.29 is 19.5 Å². The van der Waals surface area contributed by atoms with Crippen molar-refractivity contribution in [1.29, 1.82) is 0 Å². The maximum atomic E-state index is 12.1. The lowest BCUT2D eigenvalue weighted by molar-refractivity contribution is -0.138. The topological polar surface area (TPSA) is 95.5 Å². The molecule has 0 saturated heterocycles. The summed E-state index contributed by atoms with van der Waals surface area (Å²) in [5.74, 6) is -1.20. The number of carbonyl (C=O) groups is 3. The quantitative estimate of drug-likeness (QED) is 0.650. The molecule has 0 bridgehead atoms. The molecular weight excluding hydrogens is 356 g/mol. The zero-order valence-electron chi connectivity index (χ0n) is 16.4. The maximum absolute atomic E-state index is 12.1. The van der Waals surface area contributed by atoms with Gasteiger partial charge in [-0.05, 0) is 54.7 Å². The Bertz CT molecular complexity index is 827. The SMILES string of the molecule is CC(NC(=O)c1ccc(NC(=O)CCc2ccc(C(C)C)cc2)cc1)C(=O)O. The monoisotopic (exact) mass is 382 g/mol. The number of carbonyl (C=O) groups excluding carboxylic acids is 2. The van der Waals surface area contributed by atoms with Gasteiger partial charge in [0.2, 0.25) is 5.91 Å². The van der Waals surface area contributed by atoms with Crippen LogP contribution in [0.4, 0.5) is 5.69 Å². The highest BCUT2D eigenvalue weighted by atomic mass is 16.4. The van der Waals surface area contributed by atoms with Crippen molar-refractivity contribution in [3.05, 3.63) is 65.2 Å². The predicted octanol–water partition coefficient (Wildman–Crippen LogP) is 3.58. The molecule has 6 heteroatoms. The van der Waals surface area contributed by atoms with Crippen molar-refractivity contribution in [2.75, 3.05) is 5.32 Å². The Hall–Kier alpha value is -3.15. The van der Waals surface area contributed by atoms with Gasteiger partial charge >= 0.3 is 5.97 Å². The van der Waals surface area contributed by atoms with Gasteiger partial charge in [-0.3, -0.25) is 14.4 Å². The van der Waals surface area contributed by atoms with Crippen LogP contribution < -0.4 is 10.6 Å². The summed E-state index contributed by atoms with van der Waals surface area (Å²) in [6.07, 6.45) is 1.01. The number of carboxylic acids is 1. The molecule has 3 N–H and O–H groups in total. The van der Waals surface area contributed by atoms with E-state index in [4.69, 9.17) is 5.11 Å². The van der Waals surface area contributed by atoms with Gasteiger partial charge in [-0.15, -0.1) is 0 Å². The highest BCUT2D eigenvalue weighted by Gasteiger charge is 2.15. The van der Waals surface area contributed by atoms with E-state index in [0.29, 0.717) is 30.0 Å². The van der Waals surface area contributed by atoms with Crippen LogP contribution >= 0.6 is 0 Å². The van der Waals surface area contributed by atoms with Crippen LogP contribution in [0.25, 0.3) is 0 Å². The standard InChI is InChI=1S/C22H26N2O4/c1-14(2)17-7-4-16(5-8-17)6-13-20(25)24-19-11-9-18(10-12-19)21(26)23-15(3)22(27)28/h4-5,7-12,14-15H,6,13H2,1-3H3,(H,23,26)(H,24,25)(H,27,28). The fourth-order valence-corrected chi connectivity index (χ4v) is 2.60. The van der Waals surface area contributed by atoms with Crippen LogP contribution in [-0.2, 0) is 16.0 Å². The minimum Gasteiger partial charge on any atom is -0.480 e. The van der Waals surface area contributed by atoms with E-state index in [1.54, 1.807) is 24.3 Å². The molecule has 2 rings (SSSR count).